The van der Waals surface area contributed by atoms with Crippen molar-refractivity contribution in [3.05, 3.63) is 47.4 Å². The van der Waals surface area contributed by atoms with Crippen LogP contribution >= 0.6 is 0 Å². The van der Waals surface area contributed by atoms with Crippen molar-refractivity contribution in [1.29, 1.82) is 0 Å². The van der Waals surface area contributed by atoms with Crippen molar-refractivity contribution in [2.24, 2.45) is 10.7 Å². The summed E-state index contributed by atoms with van der Waals surface area (Å²) in [5.41, 5.74) is 7.05. The van der Waals surface area contributed by atoms with Crippen LogP contribution in [0.15, 0.2) is 41.0 Å². The monoisotopic (exact) mass is 250 g/mol. The smallest absolute Gasteiger partial charge is 0.203 e. The van der Waals surface area contributed by atoms with Crippen molar-refractivity contribution >= 4 is 12.1 Å². The van der Waals surface area contributed by atoms with Crippen molar-refractivity contribution in [1.82, 2.24) is 0 Å². The van der Waals surface area contributed by atoms with E-state index in [-0.39, 0.29) is 11.7 Å². The topological polar surface area (TPSA) is 72.1 Å². The zero-order valence-corrected chi connectivity index (χ0v) is 10.3. The molecule has 1 aromatic carbocycles. The van der Waals surface area contributed by atoms with Crippen molar-refractivity contribution in [2.75, 3.05) is 6.54 Å². The third-order valence-electron chi connectivity index (χ3n) is 2.25. The van der Waals surface area contributed by atoms with Crippen molar-refractivity contribution in [3.63, 3.8) is 0 Å². The number of nitrogens with zero attached hydrogens (tertiary/aromatic N) is 1. The predicted molar refractivity (Wildman–Crippen MR) is 68.3 cm³/mol. The first-order valence-electron chi connectivity index (χ1n) is 5.70. The van der Waals surface area contributed by atoms with Gasteiger partial charge in [-0.05, 0) is 24.6 Å². The molecular formula is C13H17FN3O+. The number of likely N-dealkylation sites (N-methyl/N-ethyl adjacent to an activating group) is 1. The summed E-state index contributed by atoms with van der Waals surface area (Å²) in [4.78, 5) is 14.8. The van der Waals surface area contributed by atoms with E-state index < -0.39 is 0 Å². The fourth-order valence-corrected chi connectivity index (χ4v) is 1.37. The highest BCUT2D eigenvalue weighted by molar-refractivity contribution is 5.95. The van der Waals surface area contributed by atoms with E-state index in [1.807, 2.05) is 6.92 Å². The molecule has 0 saturated heterocycles. The molecule has 0 aliphatic heterocycles. The molecule has 0 aliphatic carbocycles. The summed E-state index contributed by atoms with van der Waals surface area (Å²) in [5, 5.41) is 1.77. The number of nitrogens with two attached hydrogens (primary N) is 2. The molecule has 0 aromatic heterocycles. The SMILES string of the molecule is CC[NH2+]/C(C=O)=C\C(N)=NCc1ccc(F)cc1. The van der Waals surface area contributed by atoms with Crippen LogP contribution in [0.4, 0.5) is 4.39 Å². The molecule has 0 amide bonds. The van der Waals surface area contributed by atoms with Gasteiger partial charge in [0.05, 0.1) is 13.1 Å². The Morgan fingerprint density at radius 3 is 2.67 bits per heavy atom. The van der Waals surface area contributed by atoms with Crippen LogP contribution in [-0.2, 0) is 11.3 Å². The van der Waals surface area contributed by atoms with Gasteiger partial charge in [0.15, 0.2) is 5.70 Å². The van der Waals surface area contributed by atoms with E-state index in [4.69, 9.17) is 5.73 Å². The number of amidine groups is 1. The molecule has 0 fully saturated rings. The first-order chi connectivity index (χ1) is 8.65. The van der Waals surface area contributed by atoms with Gasteiger partial charge >= 0.3 is 0 Å². The van der Waals surface area contributed by atoms with E-state index in [0.29, 0.717) is 12.2 Å². The Kier molecular flexibility index (Phi) is 5.73. The third kappa shape index (κ3) is 4.88. The number of hydrogen-bond donors (Lipinski definition) is 2. The molecule has 0 saturated carbocycles. The second-order valence-electron chi connectivity index (χ2n) is 3.74. The van der Waals surface area contributed by atoms with Crippen molar-refractivity contribution < 1.29 is 14.5 Å². The van der Waals surface area contributed by atoms with Gasteiger partial charge in [0.1, 0.15) is 11.7 Å². The molecule has 0 heterocycles. The highest BCUT2D eigenvalue weighted by Crippen LogP contribution is 2.03. The van der Waals surface area contributed by atoms with Gasteiger partial charge in [0.2, 0.25) is 6.29 Å². The van der Waals surface area contributed by atoms with E-state index in [1.165, 1.54) is 18.2 Å². The summed E-state index contributed by atoms with van der Waals surface area (Å²) in [6.45, 7) is 3.06. The molecule has 96 valence electrons. The molecule has 5 heteroatoms. The van der Waals surface area contributed by atoms with E-state index in [2.05, 4.69) is 4.99 Å². The van der Waals surface area contributed by atoms with E-state index in [1.54, 1.807) is 17.4 Å². The number of rotatable bonds is 6. The fraction of sp³-hybridized carbons (Fsp3) is 0.231. The Bertz CT molecular complexity index is 452. The number of aldehydes is 1. The number of aliphatic imine (C=N–C) groups is 1. The van der Waals surface area contributed by atoms with Gasteiger partial charge in [-0.3, -0.25) is 9.79 Å². The van der Waals surface area contributed by atoms with Gasteiger partial charge < -0.3 is 11.1 Å². The highest BCUT2D eigenvalue weighted by atomic mass is 19.1. The lowest BCUT2D eigenvalue weighted by Crippen LogP contribution is -2.82. The molecule has 18 heavy (non-hydrogen) atoms. The molecule has 1 rings (SSSR count). The van der Waals surface area contributed by atoms with Gasteiger partial charge in [0.25, 0.3) is 0 Å². The molecule has 1 aromatic rings. The Labute approximate surface area is 105 Å². The summed E-state index contributed by atoms with van der Waals surface area (Å²) < 4.78 is 12.7. The minimum atomic E-state index is -0.281. The summed E-state index contributed by atoms with van der Waals surface area (Å²) in [6.07, 6.45) is 2.27. The maximum absolute atomic E-state index is 12.7. The van der Waals surface area contributed by atoms with Crippen LogP contribution in [0.3, 0.4) is 0 Å². The fourth-order valence-electron chi connectivity index (χ4n) is 1.37. The first-order valence-corrected chi connectivity index (χ1v) is 5.70. The number of quaternary nitrogens is 1. The number of carbonyl (C=O) groups is 1. The molecule has 4 nitrogen and oxygen atoms in total. The summed E-state index contributed by atoms with van der Waals surface area (Å²) >= 11 is 0. The minimum Gasteiger partial charge on any atom is -0.384 e. The van der Waals surface area contributed by atoms with Gasteiger partial charge in [-0.25, -0.2) is 4.39 Å². The minimum absolute atomic E-state index is 0.281. The Morgan fingerprint density at radius 2 is 2.11 bits per heavy atom. The summed E-state index contributed by atoms with van der Waals surface area (Å²) in [7, 11) is 0. The van der Waals surface area contributed by atoms with Crippen LogP contribution in [0.1, 0.15) is 12.5 Å². The van der Waals surface area contributed by atoms with Gasteiger partial charge in [-0.2, -0.15) is 0 Å². The number of allylic oxidation sites excluding steroid dienone is 1. The van der Waals surface area contributed by atoms with Gasteiger partial charge in [-0.15, -0.1) is 0 Å². The normalized spacial score (nSPS) is 12.6. The van der Waals surface area contributed by atoms with Crippen LogP contribution in [-0.4, -0.2) is 18.7 Å². The zero-order chi connectivity index (χ0) is 13.4. The molecule has 0 radical (unpaired) electrons. The molecule has 0 spiro atoms. The number of halogens is 1. The van der Waals surface area contributed by atoms with Crippen LogP contribution in [0.2, 0.25) is 0 Å². The molecule has 0 atom stereocenters. The van der Waals surface area contributed by atoms with Gasteiger partial charge in [-0.1, -0.05) is 12.1 Å². The summed E-state index contributed by atoms with van der Waals surface area (Å²) in [5.74, 6) is 0.00232. The Morgan fingerprint density at radius 1 is 1.44 bits per heavy atom. The maximum atomic E-state index is 12.7. The van der Waals surface area contributed by atoms with E-state index in [9.17, 15) is 9.18 Å². The highest BCUT2D eigenvalue weighted by Gasteiger charge is 1.99. The molecule has 0 bridgehead atoms. The lowest BCUT2D eigenvalue weighted by atomic mass is 10.2. The Balaban J connectivity index is 2.66. The van der Waals surface area contributed by atoms with Crippen LogP contribution in [0.5, 0.6) is 0 Å². The maximum Gasteiger partial charge on any atom is 0.203 e. The molecule has 0 unspecified atom stereocenters. The third-order valence-corrected chi connectivity index (χ3v) is 2.25. The van der Waals surface area contributed by atoms with Gasteiger partial charge in [0, 0.05) is 6.08 Å². The average molecular weight is 250 g/mol. The standard InChI is InChI=1S/C13H16FN3O/c1-2-16-12(9-18)7-13(15)17-8-10-3-5-11(14)6-4-10/h3-7,9,16H,2,8H2,1H3,(H2,15,17)/p+1/b12-7-. The average Bonchev–Trinajstić information content (AvgIpc) is 2.37. The van der Waals surface area contributed by atoms with Crippen LogP contribution in [0, 0.1) is 5.82 Å². The zero-order valence-electron chi connectivity index (χ0n) is 10.3. The first kappa shape index (κ1) is 14.1. The second kappa shape index (κ2) is 7.34. The number of carbonyl (C=O) groups excluding carboxylic acids is 1. The number of benzene rings is 1. The summed E-state index contributed by atoms with van der Waals surface area (Å²) in [6, 6.07) is 6.04. The predicted octanol–water partition coefficient (Wildman–Crippen LogP) is 0.349. The lowest BCUT2D eigenvalue weighted by molar-refractivity contribution is -0.595. The van der Waals surface area contributed by atoms with Crippen molar-refractivity contribution in [2.45, 2.75) is 13.5 Å². The van der Waals surface area contributed by atoms with E-state index >= 15 is 0 Å². The van der Waals surface area contributed by atoms with Crippen molar-refractivity contribution in [3.8, 4) is 0 Å². The quantitative estimate of drug-likeness (QED) is 0.331. The molecular weight excluding hydrogens is 233 g/mol. The van der Waals surface area contributed by atoms with Crippen LogP contribution < -0.4 is 11.1 Å². The second-order valence-corrected chi connectivity index (χ2v) is 3.74. The molecule has 0 aliphatic rings. The van der Waals surface area contributed by atoms with E-state index in [0.717, 1.165) is 18.4 Å². The molecule has 4 N–H and O–H groups in total. The van der Waals surface area contributed by atoms with Crippen LogP contribution in [0.25, 0.3) is 0 Å². The Hall–Kier alpha value is -2.01. The number of hydrogen-bond acceptors (Lipinski definition) is 2. The largest absolute Gasteiger partial charge is 0.384 e. The lowest BCUT2D eigenvalue weighted by Gasteiger charge is -1.98.